The van der Waals surface area contributed by atoms with Crippen molar-refractivity contribution in [2.24, 2.45) is 5.10 Å². The van der Waals surface area contributed by atoms with Crippen LogP contribution in [0.25, 0.3) is 0 Å². The van der Waals surface area contributed by atoms with E-state index in [9.17, 15) is 4.79 Å². The zero-order chi connectivity index (χ0) is 18.2. The highest BCUT2D eigenvalue weighted by atomic mass is 35.5. The predicted molar refractivity (Wildman–Crippen MR) is 97.2 cm³/mol. The number of hydrogen-bond donors (Lipinski definition) is 1. The van der Waals surface area contributed by atoms with Gasteiger partial charge < -0.3 is 14.2 Å². The Morgan fingerprint density at radius 1 is 1.16 bits per heavy atom. The topological polar surface area (TPSA) is 69.2 Å². The minimum absolute atomic E-state index is 0.365. The van der Waals surface area contributed by atoms with Crippen molar-refractivity contribution in [3.63, 3.8) is 0 Å². The fourth-order valence-corrected chi connectivity index (χ4v) is 2.25. The number of amides is 1. The van der Waals surface area contributed by atoms with E-state index >= 15 is 0 Å². The lowest BCUT2D eigenvalue weighted by Crippen LogP contribution is -2.17. The number of halogens is 1. The molecule has 0 saturated heterocycles. The quantitative estimate of drug-likeness (QED) is 0.604. The number of benzene rings is 2. The van der Waals surface area contributed by atoms with Gasteiger partial charge in [0.05, 0.1) is 27.0 Å². The van der Waals surface area contributed by atoms with Crippen LogP contribution in [0.4, 0.5) is 0 Å². The van der Waals surface area contributed by atoms with Crippen LogP contribution in [0.3, 0.4) is 0 Å². The largest absolute Gasteiger partial charge is 0.497 e. The van der Waals surface area contributed by atoms with Crippen LogP contribution in [0, 0.1) is 0 Å². The van der Waals surface area contributed by atoms with Crippen LogP contribution < -0.4 is 19.6 Å². The zero-order valence-electron chi connectivity index (χ0n) is 14.2. The molecule has 0 spiro atoms. The first-order valence-corrected chi connectivity index (χ1v) is 7.94. The van der Waals surface area contributed by atoms with Crippen molar-refractivity contribution in [2.75, 3.05) is 20.8 Å². The maximum Gasteiger partial charge on any atom is 0.271 e. The minimum Gasteiger partial charge on any atom is -0.497 e. The monoisotopic (exact) mass is 362 g/mol. The SMILES string of the molecule is CCOc1ccc(Cl)cc1/C=N\NC(=O)c1cc(OC)cc(OC)c1. The van der Waals surface area contributed by atoms with Crippen LogP contribution in [0.2, 0.25) is 5.02 Å². The van der Waals surface area contributed by atoms with E-state index in [0.29, 0.717) is 40.0 Å². The van der Waals surface area contributed by atoms with Crippen LogP contribution in [0.15, 0.2) is 41.5 Å². The van der Waals surface area contributed by atoms with Crippen LogP contribution in [-0.4, -0.2) is 32.9 Å². The second-order valence-corrected chi connectivity index (χ2v) is 5.35. The molecule has 2 aromatic carbocycles. The Bertz CT molecular complexity index is 755. The summed E-state index contributed by atoms with van der Waals surface area (Å²) in [5.41, 5.74) is 3.49. The lowest BCUT2D eigenvalue weighted by atomic mass is 10.2. The molecular weight excluding hydrogens is 344 g/mol. The molecule has 0 radical (unpaired) electrons. The molecular formula is C18H19ClN2O4. The standard InChI is InChI=1S/C18H19ClN2O4/c1-4-25-17-6-5-14(19)7-13(17)11-20-21-18(22)12-8-15(23-2)10-16(9-12)24-3/h5-11H,4H2,1-3H3,(H,21,22)/b20-11-. The van der Waals surface area contributed by atoms with Crippen molar-refractivity contribution in [3.05, 3.63) is 52.5 Å². The summed E-state index contributed by atoms with van der Waals surface area (Å²) in [6, 6.07) is 10.1. The fraction of sp³-hybridized carbons (Fsp3) is 0.222. The van der Waals surface area contributed by atoms with Crippen molar-refractivity contribution in [3.8, 4) is 17.2 Å². The van der Waals surface area contributed by atoms with Gasteiger partial charge in [-0.3, -0.25) is 4.79 Å². The van der Waals surface area contributed by atoms with Gasteiger partial charge in [0.1, 0.15) is 17.2 Å². The summed E-state index contributed by atoms with van der Waals surface area (Å²) in [5, 5.41) is 4.52. The highest BCUT2D eigenvalue weighted by Crippen LogP contribution is 2.23. The summed E-state index contributed by atoms with van der Waals surface area (Å²) in [6.45, 7) is 2.39. The summed E-state index contributed by atoms with van der Waals surface area (Å²) in [4.78, 5) is 12.3. The predicted octanol–water partition coefficient (Wildman–Crippen LogP) is 3.52. The summed E-state index contributed by atoms with van der Waals surface area (Å²) in [6.07, 6.45) is 1.48. The molecule has 0 heterocycles. The van der Waals surface area contributed by atoms with E-state index < -0.39 is 5.91 Å². The summed E-state index contributed by atoms with van der Waals surface area (Å²) < 4.78 is 15.8. The number of hydrogen-bond acceptors (Lipinski definition) is 5. The molecule has 25 heavy (non-hydrogen) atoms. The Labute approximate surface area is 151 Å². The normalized spacial score (nSPS) is 10.6. The highest BCUT2D eigenvalue weighted by molar-refractivity contribution is 6.30. The van der Waals surface area contributed by atoms with E-state index in [1.807, 2.05) is 6.92 Å². The van der Waals surface area contributed by atoms with E-state index in [4.69, 9.17) is 25.8 Å². The lowest BCUT2D eigenvalue weighted by molar-refractivity contribution is 0.0954. The average Bonchev–Trinajstić information content (AvgIpc) is 2.63. The Kier molecular flexibility index (Phi) is 6.65. The molecule has 0 fully saturated rings. The van der Waals surface area contributed by atoms with Gasteiger partial charge in [-0.05, 0) is 37.3 Å². The number of ether oxygens (including phenoxy) is 3. The molecule has 0 aliphatic rings. The van der Waals surface area contributed by atoms with Crippen LogP contribution in [0.1, 0.15) is 22.8 Å². The number of hydrazone groups is 1. The third kappa shape index (κ3) is 5.12. The van der Waals surface area contributed by atoms with E-state index in [-0.39, 0.29) is 0 Å². The average molecular weight is 363 g/mol. The van der Waals surface area contributed by atoms with Gasteiger partial charge in [-0.1, -0.05) is 11.6 Å². The highest BCUT2D eigenvalue weighted by Gasteiger charge is 2.09. The van der Waals surface area contributed by atoms with Gasteiger partial charge in [-0.15, -0.1) is 0 Å². The summed E-state index contributed by atoms with van der Waals surface area (Å²) in [7, 11) is 3.03. The molecule has 6 nitrogen and oxygen atoms in total. The second-order valence-electron chi connectivity index (χ2n) is 4.92. The van der Waals surface area contributed by atoms with Gasteiger partial charge in [-0.2, -0.15) is 5.10 Å². The van der Waals surface area contributed by atoms with Crippen LogP contribution >= 0.6 is 11.6 Å². The molecule has 7 heteroatoms. The van der Waals surface area contributed by atoms with Crippen molar-refractivity contribution in [1.29, 1.82) is 0 Å². The van der Waals surface area contributed by atoms with Gasteiger partial charge in [0.15, 0.2) is 0 Å². The second kappa shape index (κ2) is 8.94. The number of carbonyl (C=O) groups excluding carboxylic acids is 1. The molecule has 0 bridgehead atoms. The zero-order valence-corrected chi connectivity index (χ0v) is 15.0. The third-order valence-electron chi connectivity index (χ3n) is 3.26. The van der Waals surface area contributed by atoms with Gasteiger partial charge in [0.25, 0.3) is 5.91 Å². The molecule has 0 unspecified atom stereocenters. The molecule has 2 aromatic rings. The molecule has 0 aliphatic heterocycles. The maximum atomic E-state index is 12.3. The van der Waals surface area contributed by atoms with E-state index in [0.717, 1.165) is 0 Å². The molecule has 2 rings (SSSR count). The lowest BCUT2D eigenvalue weighted by Gasteiger charge is -2.08. The number of carbonyl (C=O) groups is 1. The Balaban J connectivity index is 2.14. The van der Waals surface area contributed by atoms with Gasteiger partial charge in [0.2, 0.25) is 0 Å². The van der Waals surface area contributed by atoms with E-state index in [1.165, 1.54) is 20.4 Å². The Morgan fingerprint density at radius 3 is 2.44 bits per heavy atom. The van der Waals surface area contributed by atoms with E-state index in [1.54, 1.807) is 36.4 Å². The van der Waals surface area contributed by atoms with Crippen LogP contribution in [-0.2, 0) is 0 Å². The number of nitrogens with zero attached hydrogens (tertiary/aromatic N) is 1. The first-order chi connectivity index (χ1) is 12.1. The number of methoxy groups -OCH3 is 2. The Hall–Kier alpha value is -2.73. The smallest absolute Gasteiger partial charge is 0.271 e. The number of nitrogens with one attached hydrogen (secondary N) is 1. The molecule has 132 valence electrons. The van der Waals surface area contributed by atoms with Crippen molar-refractivity contribution in [1.82, 2.24) is 5.43 Å². The maximum absolute atomic E-state index is 12.3. The first-order valence-electron chi connectivity index (χ1n) is 7.56. The molecule has 0 aliphatic carbocycles. The van der Waals surface area contributed by atoms with Gasteiger partial charge in [-0.25, -0.2) is 5.43 Å². The van der Waals surface area contributed by atoms with Gasteiger partial charge in [0, 0.05) is 22.2 Å². The van der Waals surface area contributed by atoms with Crippen molar-refractivity contribution in [2.45, 2.75) is 6.92 Å². The fourth-order valence-electron chi connectivity index (χ4n) is 2.07. The minimum atomic E-state index is -0.395. The number of rotatable bonds is 7. The first kappa shape index (κ1) is 18.6. The molecule has 1 N–H and O–H groups in total. The third-order valence-corrected chi connectivity index (χ3v) is 3.49. The van der Waals surface area contributed by atoms with Crippen molar-refractivity contribution >= 4 is 23.7 Å². The summed E-state index contributed by atoms with van der Waals surface area (Å²) >= 11 is 5.99. The van der Waals surface area contributed by atoms with Gasteiger partial charge >= 0.3 is 0 Å². The van der Waals surface area contributed by atoms with E-state index in [2.05, 4.69) is 10.5 Å². The summed E-state index contributed by atoms with van der Waals surface area (Å²) in [5.74, 6) is 1.27. The molecule has 0 saturated carbocycles. The molecule has 1 amide bonds. The molecule has 0 atom stereocenters. The molecule has 0 aromatic heterocycles. The van der Waals surface area contributed by atoms with Crippen LogP contribution in [0.5, 0.6) is 17.2 Å². The Morgan fingerprint density at radius 2 is 1.84 bits per heavy atom. The van der Waals surface area contributed by atoms with Crippen molar-refractivity contribution < 1.29 is 19.0 Å².